The largest absolute Gasteiger partial charge is 0.481 e. The lowest BCUT2D eigenvalue weighted by molar-refractivity contribution is -0.167. The molecule has 0 spiro atoms. The third-order valence-corrected chi connectivity index (χ3v) is 6.50. The third kappa shape index (κ3) is 7.61. The van der Waals surface area contributed by atoms with E-state index in [1.54, 1.807) is 0 Å². The van der Waals surface area contributed by atoms with E-state index in [0.29, 0.717) is 11.0 Å². The Bertz CT molecular complexity index is 1540. The van der Waals surface area contributed by atoms with Gasteiger partial charge in [-0.2, -0.15) is 18.2 Å². The molecule has 0 atom stereocenters. The van der Waals surface area contributed by atoms with Crippen molar-refractivity contribution >= 4 is 62.6 Å². The number of hydrogen-bond donors (Lipinski definition) is 3. The molecule has 3 N–H and O–H groups in total. The Morgan fingerprint density at radius 2 is 1.71 bits per heavy atom. The Kier molecular flexibility index (Phi) is 10.3. The number of nitrogens with zero attached hydrogens (tertiary/aromatic N) is 2. The van der Waals surface area contributed by atoms with Crippen molar-refractivity contribution in [2.75, 3.05) is 29.2 Å². The summed E-state index contributed by atoms with van der Waals surface area (Å²) in [6, 6.07) is 5.80. The van der Waals surface area contributed by atoms with Crippen LogP contribution in [0.2, 0.25) is 5.02 Å². The summed E-state index contributed by atoms with van der Waals surface area (Å²) in [5, 5.41) is 13.4. The minimum Gasteiger partial charge on any atom is -0.481 e. The normalized spacial score (nSPS) is 11.2. The molecule has 2 aromatic carbocycles. The highest BCUT2D eigenvalue weighted by molar-refractivity contribution is 9.10. The van der Waals surface area contributed by atoms with Crippen molar-refractivity contribution in [3.63, 3.8) is 0 Å². The molecule has 17 heteroatoms. The molecule has 0 aliphatic carbocycles. The number of halogens is 8. The summed E-state index contributed by atoms with van der Waals surface area (Å²) in [6.07, 6.45) is -7.75. The molecular formula is C25H18BrClF6N4O5. The fraction of sp³-hybridized carbons (Fsp3) is 0.200. The first kappa shape index (κ1) is 32.5. The molecule has 0 fully saturated rings. The average molecular weight is 684 g/mol. The highest BCUT2D eigenvalue weighted by atomic mass is 79.9. The van der Waals surface area contributed by atoms with E-state index in [-0.39, 0.29) is 38.9 Å². The highest BCUT2D eigenvalue weighted by Crippen LogP contribution is 2.31. The number of anilines is 3. The molecule has 3 amide bonds. The number of alkyl halides is 3. The van der Waals surface area contributed by atoms with Crippen LogP contribution in [0, 0.1) is 17.5 Å². The van der Waals surface area contributed by atoms with E-state index in [9.17, 15) is 45.8 Å². The number of carboxylic acid groups (broad SMARTS) is 1. The molecule has 9 nitrogen and oxygen atoms in total. The quantitative estimate of drug-likeness (QED) is 0.169. The highest BCUT2D eigenvalue weighted by Gasteiger charge is 2.39. The van der Waals surface area contributed by atoms with Crippen LogP contribution in [0.15, 0.2) is 40.9 Å². The number of amides is 3. The summed E-state index contributed by atoms with van der Waals surface area (Å²) < 4.78 is 85.3. The molecule has 42 heavy (non-hydrogen) atoms. The number of nitrogens with one attached hydrogen (secondary N) is 2. The zero-order valence-electron chi connectivity index (χ0n) is 21.1. The summed E-state index contributed by atoms with van der Waals surface area (Å²) in [4.78, 5) is 41.1. The van der Waals surface area contributed by atoms with Gasteiger partial charge in [-0.15, -0.1) is 0 Å². The molecule has 3 rings (SSSR count). The maximum atomic E-state index is 14.5. The molecule has 0 aliphatic rings. The smallest absolute Gasteiger partial charge is 0.471 e. The van der Waals surface area contributed by atoms with Crippen molar-refractivity contribution in [1.29, 1.82) is 0 Å². The predicted molar refractivity (Wildman–Crippen MR) is 143 cm³/mol. The average Bonchev–Trinajstić information content (AvgIpc) is 2.91. The number of rotatable bonds is 9. The Balaban J connectivity index is 1.90. The van der Waals surface area contributed by atoms with Gasteiger partial charge in [-0.25, -0.2) is 18.0 Å². The van der Waals surface area contributed by atoms with Gasteiger partial charge >= 0.3 is 18.2 Å². The van der Waals surface area contributed by atoms with Crippen LogP contribution in [0.25, 0.3) is 0 Å². The van der Waals surface area contributed by atoms with E-state index < -0.39 is 65.8 Å². The maximum Gasteiger partial charge on any atom is 0.471 e. The molecule has 0 saturated heterocycles. The molecule has 1 aromatic heterocycles. The van der Waals surface area contributed by atoms with Crippen LogP contribution in [0.3, 0.4) is 0 Å². The molecule has 1 heterocycles. The van der Waals surface area contributed by atoms with Crippen molar-refractivity contribution in [2.45, 2.75) is 19.0 Å². The molecule has 0 unspecified atom stereocenters. The van der Waals surface area contributed by atoms with Crippen molar-refractivity contribution in [3.05, 3.63) is 74.5 Å². The van der Waals surface area contributed by atoms with Gasteiger partial charge in [0.15, 0.2) is 17.5 Å². The first-order valence-electron chi connectivity index (χ1n) is 11.5. The Morgan fingerprint density at radius 3 is 2.33 bits per heavy atom. The van der Waals surface area contributed by atoms with Gasteiger partial charge in [-0.05, 0) is 59.1 Å². The van der Waals surface area contributed by atoms with E-state index in [1.165, 1.54) is 24.6 Å². The van der Waals surface area contributed by atoms with Crippen molar-refractivity contribution < 1.29 is 50.6 Å². The number of ether oxygens (including phenoxy) is 1. The first-order chi connectivity index (χ1) is 19.6. The van der Waals surface area contributed by atoms with Gasteiger partial charge in [0.2, 0.25) is 5.88 Å². The number of aromatic nitrogens is 1. The van der Waals surface area contributed by atoms with Crippen LogP contribution in [0.5, 0.6) is 5.88 Å². The van der Waals surface area contributed by atoms with E-state index in [1.807, 2.05) is 0 Å². The molecule has 3 aromatic rings. The second-order valence-corrected chi connectivity index (χ2v) is 9.56. The number of carbonyl (C=O) groups excluding carboxylic acids is 2. The minimum absolute atomic E-state index is 0.0329. The van der Waals surface area contributed by atoms with Gasteiger partial charge in [0.05, 0.1) is 23.4 Å². The Hall–Kier alpha value is -4.05. The summed E-state index contributed by atoms with van der Waals surface area (Å²) in [6.45, 7) is -0.493. The Morgan fingerprint density at radius 1 is 1.05 bits per heavy atom. The number of hydrogen-bond acceptors (Lipinski definition) is 5. The molecule has 0 saturated carbocycles. The summed E-state index contributed by atoms with van der Waals surface area (Å²) in [5.41, 5.74) is -1.57. The zero-order valence-corrected chi connectivity index (χ0v) is 23.4. The second kappa shape index (κ2) is 13.3. The Labute approximate surface area is 246 Å². The summed E-state index contributed by atoms with van der Waals surface area (Å²) >= 11 is 8.81. The fourth-order valence-corrected chi connectivity index (χ4v) is 4.25. The van der Waals surface area contributed by atoms with E-state index in [0.717, 1.165) is 18.2 Å². The monoisotopic (exact) mass is 682 g/mol. The molecule has 224 valence electrons. The number of methoxy groups -OCH3 is 1. The standard InChI is InChI=1S/C25H18BrClF6N4O5/c1-42-19-7-6-18(34-22(38)12-9-14(27)16(29)10-13(12)26)21(36-19)37(24(40)41)8-2-3-11-17(5-4-15(28)20(11)30)35-23(39)25(31,32)33/h4-7,9-10H,2-3,8H2,1H3,(H,34,38)(H,35,39)(H,40,41). The van der Waals surface area contributed by atoms with Gasteiger partial charge < -0.3 is 20.5 Å². The predicted octanol–water partition coefficient (Wildman–Crippen LogP) is 6.79. The molecule has 0 bridgehead atoms. The molecular weight excluding hydrogens is 666 g/mol. The van der Waals surface area contributed by atoms with Crippen LogP contribution in [0.1, 0.15) is 22.3 Å². The fourth-order valence-electron chi connectivity index (χ4n) is 3.59. The first-order valence-corrected chi connectivity index (χ1v) is 12.7. The van der Waals surface area contributed by atoms with Crippen LogP contribution >= 0.6 is 27.5 Å². The lowest BCUT2D eigenvalue weighted by atomic mass is 10.1. The lowest BCUT2D eigenvalue weighted by Gasteiger charge is -2.22. The second-order valence-electron chi connectivity index (χ2n) is 8.30. The SMILES string of the molecule is COc1ccc(NC(=O)c2cc(Cl)c(F)cc2Br)c(N(CCCc2c(NC(=O)C(F)(F)F)ccc(F)c2F)C(=O)O)n1. The molecule has 0 aliphatic heterocycles. The van der Waals surface area contributed by atoms with Crippen molar-refractivity contribution in [3.8, 4) is 5.88 Å². The van der Waals surface area contributed by atoms with E-state index in [4.69, 9.17) is 16.3 Å². The van der Waals surface area contributed by atoms with Crippen LogP contribution in [-0.4, -0.2) is 47.8 Å². The van der Waals surface area contributed by atoms with Crippen LogP contribution < -0.4 is 20.3 Å². The van der Waals surface area contributed by atoms with Crippen LogP contribution in [-0.2, 0) is 11.2 Å². The van der Waals surface area contributed by atoms with E-state index in [2.05, 4.69) is 26.2 Å². The lowest BCUT2D eigenvalue weighted by Crippen LogP contribution is -2.33. The number of carbonyl (C=O) groups is 3. The summed E-state index contributed by atoms with van der Waals surface area (Å²) in [7, 11) is 1.23. The third-order valence-electron chi connectivity index (χ3n) is 5.56. The van der Waals surface area contributed by atoms with Gasteiger partial charge in [0.25, 0.3) is 5.91 Å². The van der Waals surface area contributed by atoms with Gasteiger partial charge in [0, 0.05) is 28.3 Å². The van der Waals surface area contributed by atoms with Gasteiger partial charge in [-0.1, -0.05) is 11.6 Å². The van der Waals surface area contributed by atoms with Gasteiger partial charge in [0.1, 0.15) is 5.82 Å². The summed E-state index contributed by atoms with van der Waals surface area (Å²) in [5.74, 6) is -7.45. The van der Waals surface area contributed by atoms with Crippen LogP contribution in [0.4, 0.5) is 48.3 Å². The maximum absolute atomic E-state index is 14.5. The van der Waals surface area contributed by atoms with Crippen molar-refractivity contribution in [1.82, 2.24) is 4.98 Å². The zero-order chi connectivity index (χ0) is 31.4. The number of pyridine rings is 1. The topological polar surface area (TPSA) is 121 Å². The van der Waals surface area contributed by atoms with Crippen molar-refractivity contribution in [2.24, 2.45) is 0 Å². The van der Waals surface area contributed by atoms with Gasteiger partial charge in [-0.3, -0.25) is 14.5 Å². The van der Waals surface area contributed by atoms with E-state index >= 15 is 0 Å². The minimum atomic E-state index is -5.31. The molecule has 0 radical (unpaired) electrons. The number of benzene rings is 2.